The minimum absolute atomic E-state index is 0.210. The zero-order valence-electron chi connectivity index (χ0n) is 12.7. The lowest BCUT2D eigenvalue weighted by Gasteiger charge is -2.09. The predicted molar refractivity (Wildman–Crippen MR) is 86.4 cm³/mol. The average molecular weight is 308 g/mol. The summed E-state index contributed by atoms with van der Waals surface area (Å²) in [6, 6.07) is 14.6. The van der Waals surface area contributed by atoms with Gasteiger partial charge in [-0.25, -0.2) is 0 Å². The van der Waals surface area contributed by atoms with E-state index in [4.69, 9.17) is 9.15 Å². The molecule has 1 aromatic carbocycles. The maximum Gasteiger partial charge on any atom is 0.259 e. The molecule has 2 aromatic heterocycles. The highest BCUT2D eigenvalue weighted by molar-refractivity contribution is 6.04. The van der Waals surface area contributed by atoms with E-state index in [1.165, 1.54) is 6.26 Å². The van der Waals surface area contributed by atoms with E-state index < -0.39 is 0 Å². The summed E-state index contributed by atoms with van der Waals surface area (Å²) in [4.78, 5) is 16.4. The molecule has 2 heterocycles. The Bertz CT molecular complexity index is 797. The van der Waals surface area contributed by atoms with Gasteiger partial charge in [-0.3, -0.25) is 9.78 Å². The highest BCUT2D eigenvalue weighted by atomic mass is 16.5. The third-order valence-corrected chi connectivity index (χ3v) is 3.31. The average Bonchev–Trinajstić information content (AvgIpc) is 3.00. The molecule has 5 heteroatoms. The van der Waals surface area contributed by atoms with Crippen molar-refractivity contribution in [1.82, 2.24) is 4.98 Å². The van der Waals surface area contributed by atoms with Gasteiger partial charge in [-0.15, -0.1) is 0 Å². The third kappa shape index (κ3) is 3.77. The summed E-state index contributed by atoms with van der Waals surface area (Å²) >= 11 is 0. The van der Waals surface area contributed by atoms with Gasteiger partial charge in [0.1, 0.15) is 18.1 Å². The number of pyridine rings is 1. The van der Waals surface area contributed by atoms with Gasteiger partial charge < -0.3 is 14.5 Å². The summed E-state index contributed by atoms with van der Waals surface area (Å²) in [5.74, 6) is 1.04. The number of anilines is 1. The van der Waals surface area contributed by atoms with E-state index in [0.29, 0.717) is 29.4 Å². The number of hydrogen-bond donors (Lipinski definition) is 1. The number of benzene rings is 1. The van der Waals surface area contributed by atoms with Crippen LogP contribution in [0.15, 0.2) is 65.4 Å². The molecule has 0 spiro atoms. The number of carbonyl (C=O) groups is 1. The van der Waals surface area contributed by atoms with Crippen molar-refractivity contribution < 1.29 is 13.9 Å². The summed E-state index contributed by atoms with van der Waals surface area (Å²) in [6.07, 6.45) is 3.22. The number of rotatable bonds is 5. The largest absolute Gasteiger partial charge is 0.487 e. The molecule has 5 nitrogen and oxygen atoms in total. The van der Waals surface area contributed by atoms with Crippen LogP contribution < -0.4 is 10.1 Å². The second-order valence-electron chi connectivity index (χ2n) is 4.98. The summed E-state index contributed by atoms with van der Waals surface area (Å²) in [6.45, 7) is 2.13. The van der Waals surface area contributed by atoms with Crippen LogP contribution >= 0.6 is 0 Å². The Kier molecular flexibility index (Phi) is 4.38. The van der Waals surface area contributed by atoms with Gasteiger partial charge in [0.2, 0.25) is 0 Å². The van der Waals surface area contributed by atoms with Gasteiger partial charge in [-0.05, 0) is 37.3 Å². The number of ether oxygens (including phenoxy) is 1. The van der Waals surface area contributed by atoms with Crippen LogP contribution in [0.4, 0.5) is 5.69 Å². The van der Waals surface area contributed by atoms with Crippen LogP contribution in [0, 0.1) is 6.92 Å². The standard InChI is InChI=1S/C18H16N2O3/c1-13-17(8-10-22-13)18(21)20-14-6-4-7-16(11-14)23-12-15-5-2-3-9-19-15/h2-11H,12H2,1H3,(H,20,21). The molecule has 0 bridgehead atoms. The Morgan fingerprint density at radius 3 is 2.87 bits per heavy atom. The SMILES string of the molecule is Cc1occc1C(=O)Nc1cccc(OCc2ccccn2)c1. The molecule has 3 aromatic rings. The number of hydrogen-bond acceptors (Lipinski definition) is 4. The van der Waals surface area contributed by atoms with Crippen LogP contribution in [0.5, 0.6) is 5.75 Å². The van der Waals surface area contributed by atoms with Crippen LogP contribution in [0.1, 0.15) is 21.8 Å². The second-order valence-corrected chi connectivity index (χ2v) is 4.98. The van der Waals surface area contributed by atoms with Crippen molar-refractivity contribution in [2.75, 3.05) is 5.32 Å². The number of amides is 1. The number of aromatic nitrogens is 1. The molecule has 0 unspecified atom stereocenters. The Morgan fingerprint density at radius 2 is 2.13 bits per heavy atom. The maximum atomic E-state index is 12.2. The topological polar surface area (TPSA) is 64.4 Å². The molecule has 0 saturated heterocycles. The van der Waals surface area contributed by atoms with E-state index in [1.807, 2.05) is 30.3 Å². The van der Waals surface area contributed by atoms with Crippen molar-refractivity contribution in [3.8, 4) is 5.75 Å². The normalized spacial score (nSPS) is 10.3. The Hall–Kier alpha value is -3.08. The fraction of sp³-hybridized carbons (Fsp3) is 0.111. The molecule has 0 fully saturated rings. The fourth-order valence-corrected chi connectivity index (χ4v) is 2.12. The zero-order valence-corrected chi connectivity index (χ0v) is 12.7. The molecular weight excluding hydrogens is 292 g/mol. The predicted octanol–water partition coefficient (Wildman–Crippen LogP) is 3.81. The highest BCUT2D eigenvalue weighted by Crippen LogP contribution is 2.20. The summed E-state index contributed by atoms with van der Waals surface area (Å²) in [5, 5.41) is 2.83. The molecule has 1 N–H and O–H groups in total. The second kappa shape index (κ2) is 6.79. The lowest BCUT2D eigenvalue weighted by molar-refractivity contribution is 0.102. The number of furan rings is 1. The number of carbonyl (C=O) groups excluding carboxylic acids is 1. The van der Waals surface area contributed by atoms with Gasteiger partial charge in [-0.1, -0.05) is 12.1 Å². The van der Waals surface area contributed by atoms with Crippen molar-refractivity contribution in [3.05, 3.63) is 78.0 Å². The molecule has 0 atom stereocenters. The maximum absolute atomic E-state index is 12.2. The highest BCUT2D eigenvalue weighted by Gasteiger charge is 2.11. The van der Waals surface area contributed by atoms with Crippen molar-refractivity contribution in [1.29, 1.82) is 0 Å². The number of aryl methyl sites for hydroxylation is 1. The van der Waals surface area contributed by atoms with Gasteiger partial charge >= 0.3 is 0 Å². The van der Waals surface area contributed by atoms with E-state index in [-0.39, 0.29) is 5.91 Å². The zero-order chi connectivity index (χ0) is 16.1. The smallest absolute Gasteiger partial charge is 0.259 e. The van der Waals surface area contributed by atoms with Crippen LogP contribution in [0.3, 0.4) is 0 Å². The van der Waals surface area contributed by atoms with Crippen LogP contribution in [0.25, 0.3) is 0 Å². The molecule has 116 valence electrons. The van der Waals surface area contributed by atoms with Crippen LogP contribution in [0.2, 0.25) is 0 Å². The lowest BCUT2D eigenvalue weighted by Crippen LogP contribution is -2.12. The lowest BCUT2D eigenvalue weighted by atomic mass is 10.2. The molecule has 23 heavy (non-hydrogen) atoms. The van der Waals surface area contributed by atoms with Crippen molar-refractivity contribution in [3.63, 3.8) is 0 Å². The minimum Gasteiger partial charge on any atom is -0.487 e. The minimum atomic E-state index is -0.210. The molecule has 0 saturated carbocycles. The van der Waals surface area contributed by atoms with E-state index in [9.17, 15) is 4.79 Å². The number of nitrogens with one attached hydrogen (secondary N) is 1. The quantitative estimate of drug-likeness (QED) is 0.778. The Labute approximate surface area is 133 Å². The van der Waals surface area contributed by atoms with Crippen LogP contribution in [-0.2, 0) is 6.61 Å². The first kappa shape index (κ1) is 14.8. The fourth-order valence-electron chi connectivity index (χ4n) is 2.12. The van der Waals surface area contributed by atoms with Crippen molar-refractivity contribution in [2.45, 2.75) is 13.5 Å². The first-order valence-electron chi connectivity index (χ1n) is 7.20. The first-order valence-corrected chi connectivity index (χ1v) is 7.20. The van der Waals surface area contributed by atoms with Gasteiger partial charge in [0, 0.05) is 18.0 Å². The van der Waals surface area contributed by atoms with E-state index in [0.717, 1.165) is 5.69 Å². The molecule has 0 aliphatic carbocycles. The molecule has 0 aliphatic rings. The van der Waals surface area contributed by atoms with Gasteiger partial charge in [0.25, 0.3) is 5.91 Å². The van der Waals surface area contributed by atoms with Gasteiger partial charge in [0.05, 0.1) is 17.5 Å². The molecule has 0 aliphatic heterocycles. The number of nitrogens with zero attached hydrogens (tertiary/aromatic N) is 1. The Balaban J connectivity index is 1.65. The summed E-state index contributed by atoms with van der Waals surface area (Å²) in [5.41, 5.74) is 2.02. The van der Waals surface area contributed by atoms with E-state index in [2.05, 4.69) is 10.3 Å². The van der Waals surface area contributed by atoms with E-state index >= 15 is 0 Å². The van der Waals surface area contributed by atoms with E-state index in [1.54, 1.807) is 31.3 Å². The first-order chi connectivity index (χ1) is 11.2. The van der Waals surface area contributed by atoms with Crippen molar-refractivity contribution in [2.24, 2.45) is 0 Å². The van der Waals surface area contributed by atoms with Crippen LogP contribution in [-0.4, -0.2) is 10.9 Å². The van der Waals surface area contributed by atoms with Crippen molar-refractivity contribution >= 4 is 11.6 Å². The third-order valence-electron chi connectivity index (χ3n) is 3.31. The van der Waals surface area contributed by atoms with Gasteiger partial charge in [0.15, 0.2) is 0 Å². The van der Waals surface area contributed by atoms with Gasteiger partial charge in [-0.2, -0.15) is 0 Å². The monoisotopic (exact) mass is 308 g/mol. The summed E-state index contributed by atoms with van der Waals surface area (Å²) in [7, 11) is 0. The molecule has 0 radical (unpaired) electrons. The molecule has 1 amide bonds. The molecule has 3 rings (SSSR count). The summed E-state index contributed by atoms with van der Waals surface area (Å²) < 4.78 is 10.8. The Morgan fingerprint density at radius 1 is 1.22 bits per heavy atom. The molecular formula is C18H16N2O3.